The smallest absolute Gasteiger partial charge is 0.253 e. The molecular weight excluding hydrogens is 300 g/mol. The second-order valence-corrected chi connectivity index (χ2v) is 8.90. The van der Waals surface area contributed by atoms with Gasteiger partial charge >= 0.3 is 0 Å². The second kappa shape index (κ2) is 4.59. The molecule has 0 atom stereocenters. The van der Waals surface area contributed by atoms with Gasteiger partial charge < -0.3 is 9.88 Å². The number of likely N-dealkylation sites (tertiary alicyclic amines) is 1. The third kappa shape index (κ3) is 2.22. The highest BCUT2D eigenvalue weighted by Crippen LogP contribution is 2.41. The quantitative estimate of drug-likeness (QED) is 0.872. The Hall–Kier alpha value is -1.82. The summed E-state index contributed by atoms with van der Waals surface area (Å²) in [5.41, 5.74) is 1.69. The first kappa shape index (κ1) is 13.8. The van der Waals surface area contributed by atoms with Crippen LogP contribution < -0.4 is 0 Å². The molecule has 2 aromatic rings. The topological polar surface area (TPSA) is 70.2 Å². The van der Waals surface area contributed by atoms with Crippen molar-refractivity contribution < 1.29 is 13.2 Å². The first-order valence-electron chi connectivity index (χ1n) is 7.53. The molecule has 0 bridgehead atoms. The minimum atomic E-state index is -2.85. The number of hydrogen-bond acceptors (Lipinski definition) is 3. The largest absolute Gasteiger partial charge is 0.361 e. The molecule has 0 saturated carbocycles. The van der Waals surface area contributed by atoms with E-state index in [9.17, 15) is 13.2 Å². The maximum atomic E-state index is 12.5. The molecule has 0 aliphatic carbocycles. The molecule has 3 heterocycles. The Kier molecular flexibility index (Phi) is 2.88. The summed E-state index contributed by atoms with van der Waals surface area (Å²) in [7, 11) is -2.85. The zero-order valence-corrected chi connectivity index (χ0v) is 13.0. The highest BCUT2D eigenvalue weighted by Gasteiger charge is 2.48. The fourth-order valence-electron chi connectivity index (χ4n) is 3.56. The minimum Gasteiger partial charge on any atom is -0.361 e. The molecule has 1 aromatic heterocycles. The standard InChI is InChI=1S/C16H18N2O3S/c19-15(13-2-1-12-3-6-17-14(12)9-13)18-10-16(11-18)4-7-22(20,21)8-5-16/h1-3,6,9,17H,4-5,7-8,10-11H2. The lowest BCUT2D eigenvalue weighted by atomic mass is 9.74. The summed E-state index contributed by atoms with van der Waals surface area (Å²) in [4.78, 5) is 17.5. The Morgan fingerprint density at radius 3 is 2.59 bits per heavy atom. The van der Waals surface area contributed by atoms with Crippen molar-refractivity contribution in [3.63, 3.8) is 0 Å². The van der Waals surface area contributed by atoms with Gasteiger partial charge in [0.1, 0.15) is 9.84 Å². The van der Waals surface area contributed by atoms with Crippen LogP contribution in [0.25, 0.3) is 10.9 Å². The molecule has 0 unspecified atom stereocenters. The Labute approximate surface area is 129 Å². The summed E-state index contributed by atoms with van der Waals surface area (Å²) >= 11 is 0. The van der Waals surface area contributed by atoms with Crippen molar-refractivity contribution in [2.45, 2.75) is 12.8 Å². The van der Waals surface area contributed by atoms with Crippen LogP contribution in [0.15, 0.2) is 30.5 Å². The Morgan fingerprint density at radius 2 is 1.86 bits per heavy atom. The van der Waals surface area contributed by atoms with Crippen molar-refractivity contribution in [3.8, 4) is 0 Å². The Bertz CT molecular complexity index is 831. The fourth-order valence-corrected chi connectivity index (χ4v) is 5.25. The van der Waals surface area contributed by atoms with Gasteiger partial charge in [0.05, 0.1) is 11.5 Å². The average Bonchev–Trinajstić information content (AvgIpc) is 2.92. The maximum absolute atomic E-state index is 12.5. The first-order valence-corrected chi connectivity index (χ1v) is 9.36. The van der Waals surface area contributed by atoms with E-state index in [2.05, 4.69) is 4.98 Å². The fraction of sp³-hybridized carbons (Fsp3) is 0.438. The Morgan fingerprint density at radius 1 is 1.14 bits per heavy atom. The predicted molar refractivity (Wildman–Crippen MR) is 84.5 cm³/mol. The number of aromatic nitrogens is 1. The number of hydrogen-bond donors (Lipinski definition) is 1. The SMILES string of the molecule is O=C(c1ccc2cc[nH]c2c1)N1CC2(CCS(=O)(=O)CC2)C1. The van der Waals surface area contributed by atoms with Crippen molar-refractivity contribution >= 4 is 26.6 Å². The normalized spacial score (nSPS) is 22.6. The zero-order chi connectivity index (χ0) is 15.4. The number of carbonyl (C=O) groups is 1. The van der Waals surface area contributed by atoms with Crippen LogP contribution in [0.5, 0.6) is 0 Å². The van der Waals surface area contributed by atoms with Crippen LogP contribution in [-0.4, -0.2) is 48.8 Å². The van der Waals surface area contributed by atoms with E-state index in [0.717, 1.165) is 10.9 Å². The average molecular weight is 318 g/mol. The summed E-state index contributed by atoms with van der Waals surface area (Å²) in [6.45, 7) is 1.37. The van der Waals surface area contributed by atoms with Crippen molar-refractivity contribution in [2.24, 2.45) is 5.41 Å². The summed E-state index contributed by atoms with van der Waals surface area (Å²) in [6.07, 6.45) is 3.24. The van der Waals surface area contributed by atoms with Gasteiger partial charge in [-0.05, 0) is 36.4 Å². The van der Waals surface area contributed by atoms with Crippen LogP contribution in [-0.2, 0) is 9.84 Å². The van der Waals surface area contributed by atoms with E-state index in [1.165, 1.54) is 0 Å². The second-order valence-electron chi connectivity index (χ2n) is 6.59. The molecular formula is C16H18N2O3S. The van der Waals surface area contributed by atoms with Gasteiger partial charge in [-0.15, -0.1) is 0 Å². The number of sulfone groups is 1. The van der Waals surface area contributed by atoms with Crippen LogP contribution in [0.3, 0.4) is 0 Å². The number of amides is 1. The van der Waals surface area contributed by atoms with Gasteiger partial charge in [-0.3, -0.25) is 4.79 Å². The van der Waals surface area contributed by atoms with Crippen LogP contribution in [0, 0.1) is 5.41 Å². The molecule has 1 N–H and O–H groups in total. The summed E-state index contributed by atoms with van der Waals surface area (Å²) in [5, 5.41) is 1.09. The van der Waals surface area contributed by atoms with Gasteiger partial charge in [0.25, 0.3) is 5.91 Å². The molecule has 1 aromatic carbocycles. The molecule has 2 fully saturated rings. The third-order valence-electron chi connectivity index (χ3n) is 5.03. The summed E-state index contributed by atoms with van der Waals surface area (Å²) in [6, 6.07) is 7.66. The van der Waals surface area contributed by atoms with E-state index < -0.39 is 9.84 Å². The van der Waals surface area contributed by atoms with Gasteiger partial charge in [-0.2, -0.15) is 0 Å². The van der Waals surface area contributed by atoms with Crippen molar-refractivity contribution in [1.29, 1.82) is 0 Å². The van der Waals surface area contributed by atoms with Crippen LogP contribution in [0.4, 0.5) is 0 Å². The maximum Gasteiger partial charge on any atom is 0.253 e. The monoisotopic (exact) mass is 318 g/mol. The lowest BCUT2D eigenvalue weighted by Gasteiger charge is -2.52. The zero-order valence-electron chi connectivity index (χ0n) is 12.2. The van der Waals surface area contributed by atoms with Gasteiger partial charge in [-0.25, -0.2) is 8.42 Å². The van der Waals surface area contributed by atoms with Gasteiger partial charge in [0.15, 0.2) is 0 Å². The molecule has 1 amide bonds. The highest BCUT2D eigenvalue weighted by atomic mass is 32.2. The summed E-state index contributed by atoms with van der Waals surface area (Å²) < 4.78 is 23.1. The number of fused-ring (bicyclic) bond motifs is 1. The van der Waals surface area contributed by atoms with E-state index in [1.54, 1.807) is 0 Å². The number of benzene rings is 1. The molecule has 2 aliphatic heterocycles. The lowest BCUT2D eigenvalue weighted by molar-refractivity contribution is 0.000348. The molecule has 2 aliphatic rings. The molecule has 116 valence electrons. The minimum absolute atomic E-state index is 0.0376. The van der Waals surface area contributed by atoms with Gasteiger partial charge in [0.2, 0.25) is 0 Å². The number of H-pyrrole nitrogens is 1. The van der Waals surface area contributed by atoms with E-state index >= 15 is 0 Å². The van der Waals surface area contributed by atoms with Gasteiger partial charge in [0, 0.05) is 35.8 Å². The number of aromatic amines is 1. The van der Waals surface area contributed by atoms with E-state index in [1.807, 2.05) is 35.4 Å². The molecule has 0 radical (unpaired) electrons. The summed E-state index contributed by atoms with van der Waals surface area (Å²) in [5.74, 6) is 0.572. The van der Waals surface area contributed by atoms with Crippen molar-refractivity contribution in [1.82, 2.24) is 9.88 Å². The Balaban J connectivity index is 1.47. The predicted octanol–water partition coefficient (Wildman–Crippen LogP) is 1.82. The molecule has 22 heavy (non-hydrogen) atoms. The van der Waals surface area contributed by atoms with E-state index in [-0.39, 0.29) is 22.8 Å². The molecule has 4 rings (SSSR count). The first-order chi connectivity index (χ1) is 10.5. The highest BCUT2D eigenvalue weighted by molar-refractivity contribution is 7.91. The van der Waals surface area contributed by atoms with Crippen molar-refractivity contribution in [3.05, 3.63) is 36.0 Å². The van der Waals surface area contributed by atoms with E-state index in [4.69, 9.17) is 0 Å². The number of rotatable bonds is 1. The molecule has 6 heteroatoms. The van der Waals surface area contributed by atoms with Crippen LogP contribution in [0.2, 0.25) is 0 Å². The van der Waals surface area contributed by atoms with E-state index in [0.29, 0.717) is 31.5 Å². The number of nitrogens with zero attached hydrogens (tertiary/aromatic N) is 1. The van der Waals surface area contributed by atoms with Gasteiger partial charge in [-0.1, -0.05) is 6.07 Å². The van der Waals surface area contributed by atoms with Crippen molar-refractivity contribution in [2.75, 3.05) is 24.6 Å². The molecule has 1 spiro atoms. The van der Waals surface area contributed by atoms with Crippen LogP contribution in [0.1, 0.15) is 23.2 Å². The lowest BCUT2D eigenvalue weighted by Crippen LogP contribution is -2.60. The number of nitrogens with one attached hydrogen (secondary N) is 1. The third-order valence-corrected chi connectivity index (χ3v) is 6.68. The molecule has 2 saturated heterocycles. The molecule has 5 nitrogen and oxygen atoms in total. The number of carbonyl (C=O) groups excluding carboxylic acids is 1. The van der Waals surface area contributed by atoms with Crippen LogP contribution >= 0.6 is 0 Å².